The van der Waals surface area contributed by atoms with Gasteiger partial charge in [-0.1, -0.05) is 41.9 Å². The Balaban J connectivity index is 1.21. The zero-order valence-corrected chi connectivity index (χ0v) is 21.6. The number of carbonyl (C=O) groups excluding carboxylic acids is 1. The molecule has 2 saturated carbocycles. The Hall–Kier alpha value is -3.22. The highest BCUT2D eigenvalue weighted by Gasteiger charge is 2.35. The zero-order valence-electron chi connectivity index (χ0n) is 20.8. The van der Waals surface area contributed by atoms with Crippen molar-refractivity contribution in [1.29, 1.82) is 0 Å². The lowest BCUT2D eigenvalue weighted by Crippen LogP contribution is -2.48. The average Bonchev–Trinajstić information content (AvgIpc) is 3.87. The Kier molecular flexibility index (Phi) is 5.74. The van der Waals surface area contributed by atoms with E-state index in [9.17, 15) is 4.79 Å². The molecule has 4 aromatic rings. The highest BCUT2D eigenvalue weighted by atomic mass is 35.5. The highest BCUT2D eigenvalue weighted by Crippen LogP contribution is 2.46. The van der Waals surface area contributed by atoms with E-state index < -0.39 is 0 Å². The van der Waals surface area contributed by atoms with E-state index >= 15 is 0 Å². The summed E-state index contributed by atoms with van der Waals surface area (Å²) in [6, 6.07) is 20.3. The number of fused-ring (bicyclic) bond motifs is 1. The van der Waals surface area contributed by atoms with Crippen molar-refractivity contribution in [2.45, 2.75) is 44.1 Å². The molecule has 37 heavy (non-hydrogen) atoms. The van der Waals surface area contributed by atoms with E-state index in [0.29, 0.717) is 11.8 Å². The molecule has 3 aliphatic rings. The number of halogens is 1. The molecule has 2 aromatic heterocycles. The fourth-order valence-corrected chi connectivity index (χ4v) is 5.56. The Morgan fingerprint density at radius 1 is 0.892 bits per heavy atom. The summed E-state index contributed by atoms with van der Waals surface area (Å²) in [6.45, 7) is 4.04. The van der Waals surface area contributed by atoms with Gasteiger partial charge in [0.05, 0.1) is 22.3 Å². The van der Waals surface area contributed by atoms with Crippen molar-refractivity contribution in [2.75, 3.05) is 26.2 Å². The first kappa shape index (κ1) is 22.9. The molecule has 2 aliphatic carbocycles. The Morgan fingerprint density at radius 3 is 2.27 bits per heavy atom. The maximum absolute atomic E-state index is 14.1. The van der Waals surface area contributed by atoms with Gasteiger partial charge in [-0.15, -0.1) is 0 Å². The van der Waals surface area contributed by atoms with Crippen LogP contribution >= 0.6 is 11.6 Å². The molecule has 6 nitrogen and oxygen atoms in total. The smallest absolute Gasteiger partial charge is 0.254 e. The van der Waals surface area contributed by atoms with Crippen LogP contribution in [0.25, 0.3) is 16.7 Å². The lowest BCUT2D eigenvalue weighted by Gasteiger charge is -2.35. The van der Waals surface area contributed by atoms with Crippen molar-refractivity contribution in [3.8, 4) is 5.69 Å². The number of para-hydroxylation sites is 1. The predicted molar refractivity (Wildman–Crippen MR) is 145 cm³/mol. The van der Waals surface area contributed by atoms with Crippen LogP contribution in [0.5, 0.6) is 0 Å². The van der Waals surface area contributed by atoms with E-state index in [2.05, 4.69) is 35.2 Å². The third kappa shape index (κ3) is 4.53. The maximum Gasteiger partial charge on any atom is 0.254 e. The number of amides is 1. The topological polar surface area (TPSA) is 54.3 Å². The largest absolute Gasteiger partial charge is 0.336 e. The lowest BCUT2D eigenvalue weighted by atomic mass is 10.0. The number of nitrogens with zero attached hydrogens (tertiary/aromatic N) is 5. The summed E-state index contributed by atoms with van der Waals surface area (Å²) in [6.07, 6.45) is 4.54. The number of carbonyl (C=O) groups is 1. The molecule has 1 saturated heterocycles. The number of hydrogen-bond donors (Lipinski definition) is 0. The Bertz CT molecular complexity index is 1450. The highest BCUT2D eigenvalue weighted by molar-refractivity contribution is 6.30. The van der Waals surface area contributed by atoms with Gasteiger partial charge in [0.1, 0.15) is 0 Å². The summed E-state index contributed by atoms with van der Waals surface area (Å²) >= 11 is 6.05. The van der Waals surface area contributed by atoms with E-state index in [0.717, 1.165) is 97.1 Å². The van der Waals surface area contributed by atoms with E-state index in [-0.39, 0.29) is 5.91 Å². The van der Waals surface area contributed by atoms with E-state index in [4.69, 9.17) is 21.7 Å². The van der Waals surface area contributed by atoms with Crippen molar-refractivity contribution in [1.82, 2.24) is 24.6 Å². The molecule has 1 amide bonds. The Labute approximate surface area is 221 Å². The molecular formula is C30H30ClN5O. The third-order valence-corrected chi connectivity index (χ3v) is 8.11. The predicted octanol–water partition coefficient (Wildman–Crippen LogP) is 5.79. The van der Waals surface area contributed by atoms with Gasteiger partial charge < -0.3 is 4.90 Å². The first-order valence-corrected chi connectivity index (χ1v) is 13.8. The fraction of sp³-hybridized carbons (Fsp3) is 0.367. The number of piperazine rings is 1. The number of rotatable bonds is 6. The molecular weight excluding hydrogens is 482 g/mol. The zero-order chi connectivity index (χ0) is 24.9. The van der Waals surface area contributed by atoms with Gasteiger partial charge in [-0.05, 0) is 61.6 Å². The molecule has 7 heteroatoms. The molecule has 7 rings (SSSR count). The lowest BCUT2D eigenvalue weighted by molar-refractivity contribution is 0.0630. The third-order valence-electron chi connectivity index (χ3n) is 7.85. The molecule has 0 bridgehead atoms. The average molecular weight is 512 g/mol. The van der Waals surface area contributed by atoms with Gasteiger partial charge in [-0.2, -0.15) is 5.10 Å². The molecule has 0 N–H and O–H groups in total. The summed E-state index contributed by atoms with van der Waals surface area (Å²) in [5.74, 6) is 0.995. The number of benzene rings is 2. The fourth-order valence-electron chi connectivity index (χ4n) is 5.44. The SMILES string of the molecule is O=C(c1cc(C2CC2)nc2c1c(C1CC1)nn2-c1ccccc1)N1CCN(Cc2ccc(Cl)cc2)CC1. The molecule has 0 spiro atoms. The molecule has 1 aliphatic heterocycles. The van der Waals surface area contributed by atoms with E-state index in [1.165, 1.54) is 5.56 Å². The van der Waals surface area contributed by atoms with Gasteiger partial charge >= 0.3 is 0 Å². The van der Waals surface area contributed by atoms with Gasteiger partial charge in [0, 0.05) is 55.3 Å². The summed E-state index contributed by atoms with van der Waals surface area (Å²) in [7, 11) is 0. The van der Waals surface area contributed by atoms with Crippen LogP contribution in [0.15, 0.2) is 60.7 Å². The molecule has 188 valence electrons. The molecule has 2 aromatic carbocycles. The minimum atomic E-state index is 0.120. The molecule has 0 radical (unpaired) electrons. The second-order valence-electron chi connectivity index (χ2n) is 10.7. The monoisotopic (exact) mass is 511 g/mol. The van der Waals surface area contributed by atoms with Gasteiger partial charge in [0.2, 0.25) is 0 Å². The van der Waals surface area contributed by atoms with Crippen LogP contribution in [0, 0.1) is 0 Å². The van der Waals surface area contributed by atoms with Crippen molar-refractivity contribution in [2.24, 2.45) is 0 Å². The second-order valence-corrected chi connectivity index (χ2v) is 11.1. The molecule has 3 heterocycles. The van der Waals surface area contributed by atoms with Crippen molar-refractivity contribution in [3.05, 3.63) is 88.2 Å². The van der Waals surface area contributed by atoms with Gasteiger partial charge in [-0.3, -0.25) is 9.69 Å². The summed E-state index contributed by atoms with van der Waals surface area (Å²) in [4.78, 5) is 23.6. The van der Waals surface area contributed by atoms with Crippen molar-refractivity contribution in [3.63, 3.8) is 0 Å². The van der Waals surface area contributed by atoms with Crippen LogP contribution in [0.2, 0.25) is 5.02 Å². The van der Waals surface area contributed by atoms with Crippen LogP contribution in [0.4, 0.5) is 0 Å². The van der Waals surface area contributed by atoms with Crippen molar-refractivity contribution >= 4 is 28.5 Å². The normalized spacial score (nSPS) is 18.5. The number of pyridine rings is 1. The van der Waals surface area contributed by atoms with Crippen LogP contribution < -0.4 is 0 Å². The van der Waals surface area contributed by atoms with Crippen LogP contribution in [0.1, 0.15) is 64.8 Å². The number of hydrogen-bond acceptors (Lipinski definition) is 4. The van der Waals surface area contributed by atoms with E-state index in [1.807, 2.05) is 39.9 Å². The first-order valence-electron chi connectivity index (χ1n) is 13.4. The minimum Gasteiger partial charge on any atom is -0.336 e. The van der Waals surface area contributed by atoms with Gasteiger partial charge in [0.15, 0.2) is 5.65 Å². The number of aromatic nitrogens is 3. The minimum absolute atomic E-state index is 0.120. The standard InChI is InChI=1S/C30H30ClN5O/c31-23-12-6-20(7-13-23)19-34-14-16-35(17-15-34)30(37)25-18-26(21-8-9-21)32-29-27(25)28(22-10-11-22)33-36(29)24-4-2-1-3-5-24/h1-7,12-13,18,21-22H,8-11,14-17,19H2. The molecule has 0 unspecified atom stereocenters. The Morgan fingerprint density at radius 2 is 1.59 bits per heavy atom. The first-order chi connectivity index (χ1) is 18.1. The van der Waals surface area contributed by atoms with Crippen LogP contribution in [0.3, 0.4) is 0 Å². The second kappa shape index (κ2) is 9.26. The maximum atomic E-state index is 14.1. The molecule has 3 fully saturated rings. The quantitative estimate of drug-likeness (QED) is 0.329. The van der Waals surface area contributed by atoms with Gasteiger partial charge in [-0.25, -0.2) is 9.67 Å². The van der Waals surface area contributed by atoms with Crippen LogP contribution in [-0.4, -0.2) is 56.7 Å². The van der Waals surface area contributed by atoms with E-state index in [1.54, 1.807) is 0 Å². The summed E-state index contributed by atoms with van der Waals surface area (Å²) in [5, 5.41) is 6.78. The van der Waals surface area contributed by atoms with Gasteiger partial charge in [0.25, 0.3) is 5.91 Å². The van der Waals surface area contributed by atoms with Crippen molar-refractivity contribution < 1.29 is 4.79 Å². The molecule has 0 atom stereocenters. The van der Waals surface area contributed by atoms with Crippen LogP contribution in [-0.2, 0) is 6.54 Å². The summed E-state index contributed by atoms with van der Waals surface area (Å²) in [5.41, 5.74) is 5.95. The summed E-state index contributed by atoms with van der Waals surface area (Å²) < 4.78 is 1.97.